The maximum atomic E-state index is 13.7. The third kappa shape index (κ3) is 2.34. The number of fused-ring (bicyclic) bond motifs is 1. The van der Waals surface area contributed by atoms with Crippen LogP contribution in [0.2, 0.25) is 5.02 Å². The van der Waals surface area contributed by atoms with Crippen LogP contribution in [-0.2, 0) is 11.2 Å². The Morgan fingerprint density at radius 1 is 1.00 bits per heavy atom. The summed E-state index contributed by atoms with van der Waals surface area (Å²) in [6.07, 6.45) is 5.44. The molecule has 2 bridgehead atoms. The van der Waals surface area contributed by atoms with Crippen LogP contribution < -0.4 is 4.90 Å². The number of halogens is 1. The lowest BCUT2D eigenvalue weighted by Crippen LogP contribution is -2.45. The third-order valence-electron chi connectivity index (χ3n) is 6.39. The molecule has 4 aliphatic rings. The van der Waals surface area contributed by atoms with Crippen molar-refractivity contribution in [3.8, 4) is 0 Å². The minimum Gasteiger partial charge on any atom is -0.312 e. The Kier molecular flexibility index (Phi) is 3.63. The number of hydrogen-bond donors (Lipinski definition) is 0. The molecule has 1 unspecified atom stereocenters. The van der Waals surface area contributed by atoms with Crippen LogP contribution in [0.1, 0.15) is 54.2 Å². The molecule has 1 fully saturated rings. The second-order valence-corrected chi connectivity index (χ2v) is 8.13. The molecule has 2 aromatic carbocycles. The summed E-state index contributed by atoms with van der Waals surface area (Å²) < 4.78 is 0. The Bertz CT molecular complexity index is 840. The zero-order valence-electron chi connectivity index (χ0n) is 14.2. The zero-order valence-corrected chi connectivity index (χ0v) is 15.0. The van der Waals surface area contributed by atoms with Crippen LogP contribution in [0.15, 0.2) is 42.5 Å². The molecule has 2 nitrogen and oxygen atoms in total. The maximum absolute atomic E-state index is 13.7. The Morgan fingerprint density at radius 3 is 2.64 bits per heavy atom. The topological polar surface area (TPSA) is 20.3 Å². The van der Waals surface area contributed by atoms with E-state index in [-0.39, 0.29) is 11.8 Å². The van der Waals surface area contributed by atoms with Crippen LogP contribution in [0.5, 0.6) is 0 Å². The molecule has 1 aliphatic heterocycles. The summed E-state index contributed by atoms with van der Waals surface area (Å²) in [4.78, 5) is 15.7. The second kappa shape index (κ2) is 5.88. The van der Waals surface area contributed by atoms with Crippen molar-refractivity contribution < 1.29 is 4.79 Å². The highest BCUT2D eigenvalue weighted by atomic mass is 35.5. The van der Waals surface area contributed by atoms with Crippen LogP contribution in [0.25, 0.3) is 0 Å². The fourth-order valence-corrected chi connectivity index (χ4v) is 5.34. The van der Waals surface area contributed by atoms with Gasteiger partial charge in [0.15, 0.2) is 0 Å². The van der Waals surface area contributed by atoms with E-state index in [4.69, 9.17) is 11.6 Å². The fraction of sp³-hybridized carbons (Fsp3) is 0.409. The molecule has 1 heterocycles. The van der Waals surface area contributed by atoms with Crippen molar-refractivity contribution >= 4 is 23.2 Å². The standard InChI is InChI=1S/C22H22ClNO/c23-19-9-5-10-20-18(19)8-3-4-11-24(20)22(25)21-15-12-14(13-15)16-6-1-2-7-17(16)21/h1-2,5-7,9-10,14-15,21H,3-4,8,11-13H2. The highest BCUT2D eigenvalue weighted by Gasteiger charge is 2.48. The van der Waals surface area contributed by atoms with Gasteiger partial charge in [0, 0.05) is 17.3 Å². The summed E-state index contributed by atoms with van der Waals surface area (Å²) in [6, 6.07) is 14.6. The minimum atomic E-state index is 0.0196. The molecule has 3 aliphatic carbocycles. The SMILES string of the molecule is O=C(C1c2ccccc2C2CC1C2)N1CCCCc2c(Cl)cccc21. The van der Waals surface area contributed by atoms with Crippen LogP contribution in [0.3, 0.4) is 0 Å². The lowest BCUT2D eigenvalue weighted by Gasteiger charge is -2.48. The number of rotatable bonds is 1. The molecule has 25 heavy (non-hydrogen) atoms. The molecule has 0 spiro atoms. The van der Waals surface area contributed by atoms with Crippen LogP contribution in [-0.4, -0.2) is 12.5 Å². The number of benzene rings is 2. The molecule has 6 rings (SSSR count). The van der Waals surface area contributed by atoms with E-state index in [9.17, 15) is 4.79 Å². The average Bonchev–Trinajstić information content (AvgIpc) is 2.83. The highest BCUT2D eigenvalue weighted by molar-refractivity contribution is 6.31. The van der Waals surface area contributed by atoms with Gasteiger partial charge in [-0.1, -0.05) is 41.9 Å². The molecule has 128 valence electrons. The lowest BCUT2D eigenvalue weighted by molar-refractivity contribution is -0.122. The van der Waals surface area contributed by atoms with Crippen molar-refractivity contribution in [1.29, 1.82) is 0 Å². The van der Waals surface area contributed by atoms with Gasteiger partial charge in [0.2, 0.25) is 5.91 Å². The van der Waals surface area contributed by atoms with E-state index >= 15 is 0 Å². The van der Waals surface area contributed by atoms with Crippen molar-refractivity contribution in [1.82, 2.24) is 0 Å². The minimum absolute atomic E-state index is 0.0196. The summed E-state index contributed by atoms with van der Waals surface area (Å²) in [7, 11) is 0. The molecule has 1 amide bonds. The first kappa shape index (κ1) is 15.5. The van der Waals surface area contributed by atoms with Gasteiger partial charge in [0.05, 0.1) is 5.92 Å². The van der Waals surface area contributed by atoms with Crippen LogP contribution in [0, 0.1) is 5.92 Å². The molecule has 0 aromatic heterocycles. The van der Waals surface area contributed by atoms with Crippen molar-refractivity contribution in [2.45, 2.75) is 43.9 Å². The largest absolute Gasteiger partial charge is 0.312 e. The smallest absolute Gasteiger partial charge is 0.234 e. The quantitative estimate of drug-likeness (QED) is 0.682. The first-order valence-electron chi connectivity index (χ1n) is 9.41. The number of carbonyl (C=O) groups is 1. The summed E-state index contributed by atoms with van der Waals surface area (Å²) in [6.45, 7) is 0.807. The first-order valence-corrected chi connectivity index (χ1v) is 9.79. The van der Waals surface area contributed by atoms with E-state index in [1.54, 1.807) is 0 Å². The normalized spacial score (nSPS) is 26.9. The summed E-state index contributed by atoms with van der Waals surface area (Å²) in [5.41, 5.74) is 4.86. The molecule has 0 saturated heterocycles. The number of nitrogens with zero attached hydrogens (tertiary/aromatic N) is 1. The summed E-state index contributed by atoms with van der Waals surface area (Å²) in [5.74, 6) is 1.49. The molecule has 2 aromatic rings. The predicted molar refractivity (Wildman–Crippen MR) is 101 cm³/mol. The van der Waals surface area contributed by atoms with E-state index < -0.39 is 0 Å². The van der Waals surface area contributed by atoms with Crippen LogP contribution >= 0.6 is 11.6 Å². The van der Waals surface area contributed by atoms with Gasteiger partial charge in [-0.2, -0.15) is 0 Å². The van der Waals surface area contributed by atoms with Crippen molar-refractivity contribution in [3.63, 3.8) is 0 Å². The molecule has 1 atom stereocenters. The monoisotopic (exact) mass is 351 g/mol. The summed E-state index contributed by atoms with van der Waals surface area (Å²) in [5, 5.41) is 0.796. The third-order valence-corrected chi connectivity index (χ3v) is 6.75. The van der Waals surface area contributed by atoms with Gasteiger partial charge in [-0.15, -0.1) is 0 Å². The first-order chi connectivity index (χ1) is 12.2. The molecule has 3 heteroatoms. The van der Waals surface area contributed by atoms with Gasteiger partial charge in [0.1, 0.15) is 0 Å². The van der Waals surface area contributed by atoms with E-state index in [1.165, 1.54) is 24.0 Å². The van der Waals surface area contributed by atoms with Gasteiger partial charge in [-0.05, 0) is 72.8 Å². The molecular weight excluding hydrogens is 330 g/mol. The van der Waals surface area contributed by atoms with Gasteiger partial charge in [-0.3, -0.25) is 4.79 Å². The van der Waals surface area contributed by atoms with Crippen LogP contribution in [0.4, 0.5) is 5.69 Å². The highest BCUT2D eigenvalue weighted by Crippen LogP contribution is 2.56. The van der Waals surface area contributed by atoms with Gasteiger partial charge in [-0.25, -0.2) is 0 Å². The van der Waals surface area contributed by atoms with Crippen molar-refractivity contribution in [3.05, 3.63) is 64.2 Å². The summed E-state index contributed by atoms with van der Waals surface area (Å²) >= 11 is 6.45. The Balaban J connectivity index is 1.57. The van der Waals surface area contributed by atoms with Gasteiger partial charge < -0.3 is 4.90 Å². The molecular formula is C22H22ClNO. The van der Waals surface area contributed by atoms with E-state index in [1.807, 2.05) is 17.0 Å². The molecule has 0 N–H and O–H groups in total. The Morgan fingerprint density at radius 2 is 1.80 bits per heavy atom. The predicted octanol–water partition coefficient (Wildman–Crippen LogP) is 5.30. The second-order valence-electron chi connectivity index (χ2n) is 7.72. The molecule has 0 radical (unpaired) electrons. The fourth-order valence-electron chi connectivity index (χ4n) is 5.08. The number of carbonyl (C=O) groups excluding carboxylic acids is 1. The number of amides is 1. The van der Waals surface area contributed by atoms with Gasteiger partial charge in [0.25, 0.3) is 0 Å². The maximum Gasteiger partial charge on any atom is 0.234 e. The van der Waals surface area contributed by atoms with Crippen molar-refractivity contribution in [2.75, 3.05) is 11.4 Å². The average molecular weight is 352 g/mol. The van der Waals surface area contributed by atoms with Gasteiger partial charge >= 0.3 is 0 Å². The Hall–Kier alpha value is -1.80. The number of hydrogen-bond acceptors (Lipinski definition) is 1. The van der Waals surface area contributed by atoms with E-state index in [0.29, 0.717) is 11.8 Å². The lowest BCUT2D eigenvalue weighted by atomic mass is 9.57. The number of anilines is 1. The Labute approximate surface area is 153 Å². The zero-order chi connectivity index (χ0) is 17.0. The molecule has 1 saturated carbocycles. The van der Waals surface area contributed by atoms with E-state index in [2.05, 4.69) is 30.3 Å². The van der Waals surface area contributed by atoms with Crippen molar-refractivity contribution in [2.24, 2.45) is 5.92 Å². The van der Waals surface area contributed by atoms with E-state index in [0.717, 1.165) is 42.1 Å².